The standard InChI is InChI=1S/C52H64N6O7Si/c1-33-48(66(3,4)43-19-17-42(64-2)18-20-43)46(27-47(60)57-31-38-12-6-5-11-35(38)25-41(57)32-59)65-52(33)44-26-40(56-50(62)37-14-9-23-54-29-37)16-21-45(44)58(51(52)63)30-34-10-7-15-39(24-34)55-49(61)36-13-8-22-53-28-36/h5-7,10-12,15-21,24,26,33,36-37,41,46,48,53-54,59H,8-9,13-14,22-23,25,27-32H2,1-4H3,(H,55,61)(H,56,62)/t33-,36?,37?,41-,46+,48-,52+/m0/s1. The maximum atomic E-state index is 15.8. The molecule has 2 unspecified atom stereocenters. The van der Waals surface area contributed by atoms with Crippen molar-refractivity contribution in [1.29, 1.82) is 0 Å². The van der Waals surface area contributed by atoms with Gasteiger partial charge in [0.15, 0.2) is 5.60 Å². The maximum Gasteiger partial charge on any atom is 0.264 e. The lowest BCUT2D eigenvalue weighted by Gasteiger charge is -2.39. The van der Waals surface area contributed by atoms with Gasteiger partial charge in [0.1, 0.15) is 5.75 Å². The van der Waals surface area contributed by atoms with Gasteiger partial charge in [-0.05, 0) is 110 Å². The molecule has 3 fully saturated rings. The SMILES string of the molecule is COc1ccc([Si](C)(C)[C@@H]2[C@@H](CC(=O)N3Cc4ccccc4C[C@H]3CO)O[C@]3(C(=O)N(Cc4cccc(NC(=O)C5CCCNC5)c4)c4ccc(NC(=O)C5CCCNC5)cc43)[C@H]2C)cc1. The molecule has 348 valence electrons. The summed E-state index contributed by atoms with van der Waals surface area (Å²) in [5.74, 6) is -0.414. The van der Waals surface area contributed by atoms with Crippen LogP contribution in [0.25, 0.3) is 0 Å². The number of hydrogen-bond donors (Lipinski definition) is 5. The molecule has 4 aromatic rings. The van der Waals surface area contributed by atoms with E-state index < -0.39 is 25.7 Å². The molecule has 0 saturated carbocycles. The normalized spacial score (nSPS) is 26.2. The molecule has 5 aliphatic rings. The van der Waals surface area contributed by atoms with Crippen molar-refractivity contribution in [2.75, 3.05) is 55.4 Å². The van der Waals surface area contributed by atoms with Crippen molar-refractivity contribution in [3.63, 3.8) is 0 Å². The molecule has 0 aliphatic carbocycles. The molecule has 5 aliphatic heterocycles. The van der Waals surface area contributed by atoms with Crippen molar-refractivity contribution in [2.45, 2.75) is 94.9 Å². The minimum Gasteiger partial charge on any atom is -0.497 e. The van der Waals surface area contributed by atoms with Gasteiger partial charge < -0.3 is 45.6 Å². The summed E-state index contributed by atoms with van der Waals surface area (Å²) < 4.78 is 13.0. The number of aliphatic hydroxyl groups is 1. The minimum atomic E-state index is -2.64. The molecule has 7 atom stereocenters. The zero-order valence-corrected chi connectivity index (χ0v) is 39.6. The number of anilines is 3. The van der Waals surface area contributed by atoms with Gasteiger partial charge in [-0.1, -0.05) is 73.7 Å². The second-order valence-corrected chi connectivity index (χ2v) is 24.3. The second-order valence-electron chi connectivity index (χ2n) is 19.6. The number of carbonyl (C=O) groups is 4. The van der Waals surface area contributed by atoms with Gasteiger partial charge in [-0.25, -0.2) is 0 Å². The molecule has 5 N–H and O–H groups in total. The third kappa shape index (κ3) is 8.69. The summed E-state index contributed by atoms with van der Waals surface area (Å²) in [5, 5.41) is 24.7. The Morgan fingerprint density at radius 1 is 0.864 bits per heavy atom. The molecule has 1 spiro atoms. The zero-order valence-electron chi connectivity index (χ0n) is 38.6. The van der Waals surface area contributed by atoms with Crippen molar-refractivity contribution in [2.24, 2.45) is 17.8 Å². The maximum absolute atomic E-state index is 15.8. The van der Waals surface area contributed by atoms with E-state index in [0.29, 0.717) is 48.7 Å². The highest BCUT2D eigenvalue weighted by Crippen LogP contribution is 2.60. The van der Waals surface area contributed by atoms with Gasteiger partial charge in [0, 0.05) is 42.5 Å². The summed E-state index contributed by atoms with van der Waals surface area (Å²) >= 11 is 0. The van der Waals surface area contributed by atoms with Crippen molar-refractivity contribution in [1.82, 2.24) is 15.5 Å². The largest absolute Gasteiger partial charge is 0.497 e. The summed E-state index contributed by atoms with van der Waals surface area (Å²) in [6, 6.07) is 29.2. The Hall–Kier alpha value is -5.38. The molecule has 0 bridgehead atoms. The summed E-state index contributed by atoms with van der Waals surface area (Å²) in [5.41, 5.74) is 3.87. The van der Waals surface area contributed by atoms with Crippen LogP contribution in [0.15, 0.2) is 91.0 Å². The van der Waals surface area contributed by atoms with Crippen LogP contribution in [0.3, 0.4) is 0 Å². The number of ether oxygens (including phenoxy) is 2. The van der Waals surface area contributed by atoms with Crippen molar-refractivity contribution in [3.05, 3.63) is 113 Å². The fourth-order valence-corrected chi connectivity index (χ4v) is 15.7. The van der Waals surface area contributed by atoms with E-state index in [9.17, 15) is 19.5 Å². The van der Waals surface area contributed by atoms with E-state index in [2.05, 4.69) is 59.5 Å². The van der Waals surface area contributed by atoms with E-state index in [1.807, 2.05) is 72.8 Å². The number of methoxy groups -OCH3 is 1. The molecule has 5 heterocycles. The van der Waals surface area contributed by atoms with Gasteiger partial charge in [0.25, 0.3) is 5.91 Å². The smallest absolute Gasteiger partial charge is 0.264 e. The molecule has 0 aromatic heterocycles. The van der Waals surface area contributed by atoms with Crippen LogP contribution in [0.2, 0.25) is 18.6 Å². The van der Waals surface area contributed by atoms with E-state index in [0.717, 1.165) is 66.4 Å². The Kier molecular flexibility index (Phi) is 13.2. The van der Waals surface area contributed by atoms with Crippen LogP contribution in [-0.2, 0) is 49.0 Å². The zero-order chi connectivity index (χ0) is 46.2. The van der Waals surface area contributed by atoms with E-state index >= 15 is 4.79 Å². The topological polar surface area (TPSA) is 162 Å². The number of piperidine rings is 2. The van der Waals surface area contributed by atoms with Gasteiger partial charge in [0.2, 0.25) is 17.7 Å². The lowest BCUT2D eigenvalue weighted by atomic mass is 9.82. The van der Waals surface area contributed by atoms with Crippen molar-refractivity contribution >= 4 is 54.0 Å². The van der Waals surface area contributed by atoms with Gasteiger partial charge in [-0.15, -0.1) is 0 Å². The van der Waals surface area contributed by atoms with Crippen LogP contribution in [0.1, 0.15) is 61.3 Å². The Morgan fingerprint density at radius 3 is 2.17 bits per heavy atom. The predicted octanol–water partition coefficient (Wildman–Crippen LogP) is 5.67. The van der Waals surface area contributed by atoms with Gasteiger partial charge in [-0.3, -0.25) is 19.2 Å². The average Bonchev–Trinajstić information content (AvgIpc) is 3.76. The Balaban J connectivity index is 1.10. The number of benzene rings is 4. The van der Waals surface area contributed by atoms with E-state index in [-0.39, 0.29) is 66.6 Å². The highest BCUT2D eigenvalue weighted by atomic mass is 28.3. The van der Waals surface area contributed by atoms with Crippen LogP contribution in [0, 0.1) is 17.8 Å². The molecule has 4 amide bonds. The lowest BCUT2D eigenvalue weighted by molar-refractivity contribution is -0.151. The van der Waals surface area contributed by atoms with Crippen molar-refractivity contribution < 1.29 is 33.8 Å². The average molecular weight is 913 g/mol. The fraction of sp³-hybridized carbons (Fsp3) is 0.462. The minimum absolute atomic E-state index is 0.0218. The molecule has 3 saturated heterocycles. The van der Waals surface area contributed by atoms with Gasteiger partial charge in [0.05, 0.1) is 64.4 Å². The first-order valence-corrected chi connectivity index (χ1v) is 26.9. The number of fused-ring (bicyclic) bond motifs is 3. The molecule has 0 radical (unpaired) electrons. The number of hydrogen-bond acceptors (Lipinski definition) is 9. The number of carbonyl (C=O) groups excluding carboxylic acids is 4. The molecule has 4 aromatic carbocycles. The Bertz CT molecular complexity index is 2450. The predicted molar refractivity (Wildman–Crippen MR) is 258 cm³/mol. The van der Waals surface area contributed by atoms with Crippen LogP contribution in [0.4, 0.5) is 17.1 Å². The highest BCUT2D eigenvalue weighted by Gasteiger charge is 2.66. The number of nitrogens with one attached hydrogen (secondary N) is 4. The van der Waals surface area contributed by atoms with E-state index in [1.54, 1.807) is 16.9 Å². The highest BCUT2D eigenvalue weighted by molar-refractivity contribution is 6.91. The Labute approximate surface area is 389 Å². The first-order valence-electron chi connectivity index (χ1n) is 23.8. The second kappa shape index (κ2) is 19.1. The summed E-state index contributed by atoms with van der Waals surface area (Å²) in [4.78, 5) is 61.2. The lowest BCUT2D eigenvalue weighted by Crippen LogP contribution is -2.52. The number of rotatable bonds is 12. The molecule has 13 nitrogen and oxygen atoms in total. The molecule has 14 heteroatoms. The number of nitrogens with zero attached hydrogens (tertiary/aromatic N) is 2. The first-order chi connectivity index (χ1) is 31.9. The quantitative estimate of drug-likeness (QED) is 0.113. The summed E-state index contributed by atoms with van der Waals surface area (Å²) in [6.45, 7) is 10.1. The molecular formula is C52H64N6O7Si. The fourth-order valence-electron chi connectivity index (χ4n) is 11.6. The van der Waals surface area contributed by atoms with Crippen molar-refractivity contribution in [3.8, 4) is 5.75 Å². The van der Waals surface area contributed by atoms with Crippen LogP contribution in [-0.4, -0.2) is 93.8 Å². The first kappa shape index (κ1) is 45.8. The molecule has 9 rings (SSSR count). The van der Waals surface area contributed by atoms with Crippen LogP contribution >= 0.6 is 0 Å². The van der Waals surface area contributed by atoms with Gasteiger partial charge >= 0.3 is 0 Å². The number of aliphatic hydroxyl groups excluding tert-OH is 1. The monoisotopic (exact) mass is 912 g/mol. The van der Waals surface area contributed by atoms with Gasteiger partial charge in [-0.2, -0.15) is 0 Å². The molecular weight excluding hydrogens is 849 g/mol. The van der Waals surface area contributed by atoms with Crippen LogP contribution in [0.5, 0.6) is 5.75 Å². The van der Waals surface area contributed by atoms with E-state index in [1.165, 1.54) is 0 Å². The summed E-state index contributed by atoms with van der Waals surface area (Å²) in [6.07, 6.45) is 3.40. The third-order valence-electron chi connectivity index (χ3n) is 15.2. The number of amides is 4. The Morgan fingerprint density at radius 2 is 1.53 bits per heavy atom. The molecule has 66 heavy (non-hydrogen) atoms. The van der Waals surface area contributed by atoms with Crippen LogP contribution < -0.4 is 36.1 Å². The third-order valence-corrected chi connectivity index (χ3v) is 19.6. The van der Waals surface area contributed by atoms with E-state index in [4.69, 9.17) is 9.47 Å². The summed E-state index contributed by atoms with van der Waals surface area (Å²) in [7, 11) is -0.994.